The number of carbonyl (C=O) groups is 1. The zero-order valence-corrected chi connectivity index (χ0v) is 15.6. The van der Waals surface area contributed by atoms with Crippen molar-refractivity contribution in [3.63, 3.8) is 0 Å². The highest BCUT2D eigenvalue weighted by atomic mass is 16.5. The normalized spacial score (nSPS) is 17.7. The number of aromatic hydroxyl groups is 1. The molecule has 1 aromatic carbocycles. The summed E-state index contributed by atoms with van der Waals surface area (Å²) in [6.45, 7) is 5.01. The lowest BCUT2D eigenvalue weighted by molar-refractivity contribution is 0.0560. The number of piperidine rings is 1. The van der Waals surface area contributed by atoms with Crippen LogP contribution in [0.2, 0.25) is 0 Å². The number of rotatable bonds is 6. The van der Waals surface area contributed by atoms with Crippen molar-refractivity contribution in [2.24, 2.45) is 5.92 Å². The van der Waals surface area contributed by atoms with E-state index >= 15 is 0 Å². The molecule has 0 radical (unpaired) electrons. The zero-order chi connectivity index (χ0) is 18.5. The largest absolute Gasteiger partial charge is 0.508 e. The summed E-state index contributed by atoms with van der Waals surface area (Å²) in [6, 6.07) is 9.35. The van der Waals surface area contributed by atoms with Gasteiger partial charge in [0.05, 0.1) is 5.69 Å². The number of hydrogen-bond acceptors (Lipinski definition) is 4. The zero-order valence-electron chi connectivity index (χ0n) is 15.6. The highest BCUT2D eigenvalue weighted by molar-refractivity contribution is 5.91. The van der Waals surface area contributed by atoms with Crippen LogP contribution in [0.5, 0.6) is 5.75 Å². The minimum Gasteiger partial charge on any atom is -0.508 e. The van der Waals surface area contributed by atoms with Gasteiger partial charge in [0, 0.05) is 18.7 Å². The Morgan fingerprint density at radius 1 is 1.35 bits per heavy atom. The predicted octanol–water partition coefficient (Wildman–Crippen LogP) is 4.21. The minimum absolute atomic E-state index is 0.0480. The smallest absolute Gasteiger partial charge is 0.292 e. The molecule has 5 heteroatoms. The van der Waals surface area contributed by atoms with Crippen LogP contribution in [0.15, 0.2) is 34.9 Å². The van der Waals surface area contributed by atoms with Gasteiger partial charge in [0.25, 0.3) is 5.91 Å². The lowest BCUT2D eigenvalue weighted by Crippen LogP contribution is -2.43. The van der Waals surface area contributed by atoms with E-state index in [1.54, 1.807) is 18.2 Å². The number of carbonyl (C=O) groups excluding carboxylic acids is 1. The first kappa shape index (κ1) is 18.5. The van der Waals surface area contributed by atoms with Crippen LogP contribution in [0.4, 0.5) is 0 Å². The highest BCUT2D eigenvalue weighted by Crippen LogP contribution is 2.24. The van der Waals surface area contributed by atoms with E-state index in [4.69, 9.17) is 4.52 Å². The van der Waals surface area contributed by atoms with Crippen molar-refractivity contribution in [2.75, 3.05) is 6.54 Å². The van der Waals surface area contributed by atoms with E-state index in [1.165, 1.54) is 0 Å². The van der Waals surface area contributed by atoms with E-state index in [2.05, 4.69) is 19.0 Å². The second-order valence-corrected chi connectivity index (χ2v) is 7.64. The number of amides is 1. The van der Waals surface area contributed by atoms with Gasteiger partial charge in [-0.15, -0.1) is 0 Å². The van der Waals surface area contributed by atoms with Crippen LogP contribution in [0, 0.1) is 5.92 Å². The van der Waals surface area contributed by atoms with Crippen molar-refractivity contribution >= 4 is 5.91 Å². The molecule has 1 fully saturated rings. The molecule has 1 aliphatic rings. The molecular formula is C21H28N2O3. The van der Waals surface area contributed by atoms with Crippen LogP contribution in [0.3, 0.4) is 0 Å². The van der Waals surface area contributed by atoms with E-state index in [1.807, 2.05) is 17.0 Å². The maximum atomic E-state index is 12.9. The minimum atomic E-state index is -0.0480. The molecule has 3 rings (SSSR count). The van der Waals surface area contributed by atoms with Gasteiger partial charge in [0.15, 0.2) is 0 Å². The van der Waals surface area contributed by atoms with E-state index in [9.17, 15) is 9.90 Å². The average Bonchev–Trinajstić information content (AvgIpc) is 3.07. The van der Waals surface area contributed by atoms with Crippen LogP contribution < -0.4 is 0 Å². The molecule has 1 aliphatic heterocycles. The number of aryl methyl sites for hydroxylation is 1. The van der Waals surface area contributed by atoms with Crippen molar-refractivity contribution in [3.8, 4) is 5.75 Å². The summed E-state index contributed by atoms with van der Waals surface area (Å²) < 4.78 is 5.33. The molecule has 1 atom stereocenters. The number of phenols is 1. The summed E-state index contributed by atoms with van der Waals surface area (Å²) in [7, 11) is 0. The molecule has 140 valence electrons. The quantitative estimate of drug-likeness (QED) is 0.842. The molecule has 1 aromatic heterocycles. The van der Waals surface area contributed by atoms with Crippen molar-refractivity contribution in [1.29, 1.82) is 0 Å². The summed E-state index contributed by atoms with van der Waals surface area (Å²) in [4.78, 5) is 14.9. The van der Waals surface area contributed by atoms with Gasteiger partial charge in [-0.2, -0.15) is 0 Å². The third kappa shape index (κ3) is 4.65. The average molecular weight is 356 g/mol. The molecule has 0 bridgehead atoms. The molecule has 5 nitrogen and oxygen atoms in total. The topological polar surface area (TPSA) is 66.6 Å². The molecule has 1 N–H and O–H groups in total. The van der Waals surface area contributed by atoms with E-state index in [-0.39, 0.29) is 11.9 Å². The van der Waals surface area contributed by atoms with Crippen LogP contribution in [-0.2, 0) is 12.8 Å². The molecule has 0 aliphatic carbocycles. The molecule has 1 amide bonds. The lowest BCUT2D eigenvalue weighted by atomic mass is 9.95. The van der Waals surface area contributed by atoms with Gasteiger partial charge in [0.2, 0.25) is 5.76 Å². The fraction of sp³-hybridized carbons (Fsp3) is 0.524. The Bertz CT molecular complexity index is 738. The first-order valence-corrected chi connectivity index (χ1v) is 9.57. The molecular weight excluding hydrogens is 328 g/mol. The van der Waals surface area contributed by atoms with Crippen molar-refractivity contribution in [3.05, 3.63) is 47.3 Å². The Morgan fingerprint density at radius 3 is 2.96 bits per heavy atom. The van der Waals surface area contributed by atoms with Gasteiger partial charge in [-0.25, -0.2) is 0 Å². The molecule has 0 spiro atoms. The molecule has 1 unspecified atom stereocenters. The highest BCUT2D eigenvalue weighted by Gasteiger charge is 2.29. The number of benzene rings is 1. The summed E-state index contributed by atoms with van der Waals surface area (Å²) >= 11 is 0. The number of nitrogens with zero attached hydrogens (tertiary/aromatic N) is 2. The van der Waals surface area contributed by atoms with E-state index in [0.29, 0.717) is 17.4 Å². The van der Waals surface area contributed by atoms with Gasteiger partial charge in [0.1, 0.15) is 5.75 Å². The van der Waals surface area contributed by atoms with Crippen molar-refractivity contribution in [2.45, 2.75) is 58.4 Å². The fourth-order valence-electron chi connectivity index (χ4n) is 3.68. The Kier molecular flexibility index (Phi) is 5.96. The predicted molar refractivity (Wildman–Crippen MR) is 100 cm³/mol. The summed E-state index contributed by atoms with van der Waals surface area (Å²) in [5.74, 6) is 1.07. The molecule has 2 aromatic rings. The molecule has 0 saturated carbocycles. The number of aromatic nitrogens is 1. The third-order valence-corrected chi connectivity index (χ3v) is 4.95. The van der Waals surface area contributed by atoms with Gasteiger partial charge >= 0.3 is 0 Å². The Morgan fingerprint density at radius 2 is 2.19 bits per heavy atom. The first-order valence-electron chi connectivity index (χ1n) is 9.57. The monoisotopic (exact) mass is 356 g/mol. The van der Waals surface area contributed by atoms with Gasteiger partial charge < -0.3 is 14.5 Å². The maximum Gasteiger partial charge on any atom is 0.292 e. The molecule has 1 saturated heterocycles. The number of likely N-dealkylation sites (tertiary alicyclic amines) is 1. The maximum absolute atomic E-state index is 12.9. The first-order chi connectivity index (χ1) is 12.5. The second-order valence-electron chi connectivity index (χ2n) is 7.64. The van der Waals surface area contributed by atoms with Crippen LogP contribution >= 0.6 is 0 Å². The van der Waals surface area contributed by atoms with E-state index in [0.717, 1.165) is 56.3 Å². The standard InChI is InChI=1S/C21H28N2O3/c1-15(2)12-17-14-20(26-22-17)21(25)23-11-4-3-7-18(23)10-9-16-6-5-8-19(24)13-16/h5-6,8,13-15,18,24H,3-4,7,9-12H2,1-2H3. The Balaban J connectivity index is 1.66. The van der Waals surface area contributed by atoms with Gasteiger partial charge in [-0.05, 0) is 62.1 Å². The van der Waals surface area contributed by atoms with Crippen LogP contribution in [0.25, 0.3) is 0 Å². The van der Waals surface area contributed by atoms with Crippen LogP contribution in [-0.4, -0.2) is 33.7 Å². The number of hydrogen-bond donors (Lipinski definition) is 1. The summed E-state index contributed by atoms with van der Waals surface area (Å²) in [6.07, 6.45) is 5.74. The Hall–Kier alpha value is -2.30. The van der Waals surface area contributed by atoms with E-state index < -0.39 is 0 Å². The Labute approximate surface area is 155 Å². The second kappa shape index (κ2) is 8.39. The van der Waals surface area contributed by atoms with Crippen molar-refractivity contribution in [1.82, 2.24) is 10.1 Å². The van der Waals surface area contributed by atoms with Crippen LogP contribution in [0.1, 0.15) is 61.3 Å². The SMILES string of the molecule is CC(C)Cc1cc(C(=O)N2CCCCC2CCc2cccc(O)c2)on1. The summed E-state index contributed by atoms with van der Waals surface area (Å²) in [5, 5.41) is 13.7. The summed E-state index contributed by atoms with van der Waals surface area (Å²) in [5.41, 5.74) is 1.94. The third-order valence-electron chi connectivity index (χ3n) is 4.95. The number of phenolic OH excluding ortho intramolecular Hbond substituents is 1. The molecule has 2 heterocycles. The van der Waals surface area contributed by atoms with Gasteiger partial charge in [-0.3, -0.25) is 4.79 Å². The molecule has 26 heavy (non-hydrogen) atoms. The van der Waals surface area contributed by atoms with Gasteiger partial charge in [-0.1, -0.05) is 31.1 Å². The fourth-order valence-corrected chi connectivity index (χ4v) is 3.68. The lowest BCUT2D eigenvalue weighted by Gasteiger charge is -2.35. The van der Waals surface area contributed by atoms with Crippen molar-refractivity contribution < 1.29 is 14.4 Å².